The van der Waals surface area contributed by atoms with Crippen LogP contribution in [0.4, 0.5) is 23.1 Å². The monoisotopic (exact) mass is 351 g/mol. The fourth-order valence-electron chi connectivity index (χ4n) is 1.88. The summed E-state index contributed by atoms with van der Waals surface area (Å²) in [6.45, 7) is 1.59. The molecule has 24 heavy (non-hydrogen) atoms. The van der Waals surface area contributed by atoms with Gasteiger partial charge in [-0.2, -0.15) is 4.98 Å². The molecule has 0 radical (unpaired) electrons. The molecule has 1 aromatic heterocycles. The van der Waals surface area contributed by atoms with Crippen molar-refractivity contribution in [3.63, 3.8) is 0 Å². The van der Waals surface area contributed by atoms with E-state index in [0.717, 1.165) is 6.20 Å². The minimum Gasteiger partial charge on any atom is -0.481 e. The van der Waals surface area contributed by atoms with Crippen LogP contribution in [0.5, 0.6) is 0 Å². The SMILES string of the molecule is CC(CC(=O)O)Nc1nc(Nc2ccc(Cl)cc2)ncc1[N+](=O)[O-]. The molecule has 1 aromatic carbocycles. The highest BCUT2D eigenvalue weighted by Crippen LogP contribution is 2.25. The van der Waals surface area contributed by atoms with E-state index in [4.69, 9.17) is 16.7 Å². The van der Waals surface area contributed by atoms with Gasteiger partial charge in [0.05, 0.1) is 11.3 Å². The van der Waals surface area contributed by atoms with Gasteiger partial charge < -0.3 is 15.7 Å². The Balaban J connectivity index is 2.24. The van der Waals surface area contributed by atoms with E-state index in [2.05, 4.69) is 20.6 Å². The third-order valence-electron chi connectivity index (χ3n) is 2.93. The van der Waals surface area contributed by atoms with Gasteiger partial charge in [-0.05, 0) is 31.2 Å². The number of carbonyl (C=O) groups is 1. The van der Waals surface area contributed by atoms with Crippen LogP contribution in [0, 0.1) is 10.1 Å². The van der Waals surface area contributed by atoms with E-state index in [-0.39, 0.29) is 23.9 Å². The lowest BCUT2D eigenvalue weighted by Gasteiger charge is -2.13. The minimum atomic E-state index is -1.02. The topological polar surface area (TPSA) is 130 Å². The largest absolute Gasteiger partial charge is 0.481 e. The fourth-order valence-corrected chi connectivity index (χ4v) is 2.01. The van der Waals surface area contributed by atoms with Crippen LogP contribution >= 0.6 is 11.6 Å². The van der Waals surface area contributed by atoms with Crippen LogP contribution in [-0.2, 0) is 4.79 Å². The summed E-state index contributed by atoms with van der Waals surface area (Å²) in [6.07, 6.45) is 0.849. The fraction of sp³-hybridized carbons (Fsp3) is 0.214. The van der Waals surface area contributed by atoms with Crippen LogP contribution in [0.25, 0.3) is 0 Å². The molecule has 1 heterocycles. The molecule has 0 spiro atoms. The quantitative estimate of drug-likeness (QED) is 0.512. The van der Waals surface area contributed by atoms with Gasteiger partial charge in [0, 0.05) is 16.8 Å². The molecule has 0 aliphatic carbocycles. The molecule has 0 saturated carbocycles. The van der Waals surface area contributed by atoms with Gasteiger partial charge in [0.25, 0.3) is 0 Å². The van der Waals surface area contributed by atoms with Gasteiger partial charge in [0.15, 0.2) is 0 Å². The maximum absolute atomic E-state index is 11.1. The maximum Gasteiger partial charge on any atom is 0.329 e. The molecule has 0 aliphatic heterocycles. The van der Waals surface area contributed by atoms with E-state index in [0.29, 0.717) is 10.7 Å². The van der Waals surface area contributed by atoms with Crippen molar-refractivity contribution in [3.8, 4) is 0 Å². The van der Waals surface area contributed by atoms with Crippen molar-refractivity contribution in [1.82, 2.24) is 9.97 Å². The van der Waals surface area contributed by atoms with Gasteiger partial charge in [0.2, 0.25) is 11.8 Å². The number of aliphatic carboxylic acids is 1. The molecule has 0 aliphatic rings. The van der Waals surface area contributed by atoms with Crippen LogP contribution in [0.1, 0.15) is 13.3 Å². The Morgan fingerprint density at radius 3 is 2.67 bits per heavy atom. The third-order valence-corrected chi connectivity index (χ3v) is 3.18. The first kappa shape index (κ1) is 17.4. The Morgan fingerprint density at radius 1 is 1.42 bits per heavy atom. The minimum absolute atomic E-state index is 0.0554. The van der Waals surface area contributed by atoms with E-state index < -0.39 is 16.9 Å². The number of nitrogens with zero attached hydrogens (tertiary/aromatic N) is 3. The summed E-state index contributed by atoms with van der Waals surface area (Å²) in [7, 11) is 0. The highest BCUT2D eigenvalue weighted by atomic mass is 35.5. The van der Waals surface area contributed by atoms with E-state index in [9.17, 15) is 14.9 Å². The molecule has 0 fully saturated rings. The van der Waals surface area contributed by atoms with Crippen molar-refractivity contribution in [1.29, 1.82) is 0 Å². The van der Waals surface area contributed by atoms with E-state index in [1.807, 2.05) is 0 Å². The Labute approximate surface area is 141 Å². The highest BCUT2D eigenvalue weighted by Gasteiger charge is 2.20. The van der Waals surface area contributed by atoms with Gasteiger partial charge in [-0.3, -0.25) is 14.9 Å². The van der Waals surface area contributed by atoms with Crippen molar-refractivity contribution in [2.24, 2.45) is 0 Å². The zero-order valence-electron chi connectivity index (χ0n) is 12.6. The molecule has 0 bridgehead atoms. The number of hydrogen-bond acceptors (Lipinski definition) is 7. The summed E-state index contributed by atoms with van der Waals surface area (Å²) in [6, 6.07) is 6.20. The number of anilines is 3. The molecule has 0 amide bonds. The second-order valence-electron chi connectivity index (χ2n) is 4.96. The lowest BCUT2D eigenvalue weighted by molar-refractivity contribution is -0.384. The number of halogens is 1. The summed E-state index contributed by atoms with van der Waals surface area (Å²) < 4.78 is 0. The second kappa shape index (κ2) is 7.55. The zero-order valence-corrected chi connectivity index (χ0v) is 13.3. The number of nitrogens with one attached hydrogen (secondary N) is 2. The average molecular weight is 352 g/mol. The summed E-state index contributed by atoms with van der Waals surface area (Å²) in [4.78, 5) is 29.1. The van der Waals surface area contributed by atoms with Gasteiger partial charge in [0.1, 0.15) is 6.20 Å². The molecule has 0 saturated heterocycles. The lowest BCUT2D eigenvalue weighted by Crippen LogP contribution is -2.21. The van der Waals surface area contributed by atoms with Gasteiger partial charge in [-0.15, -0.1) is 0 Å². The molecule has 3 N–H and O–H groups in total. The molecule has 9 nitrogen and oxygen atoms in total. The normalized spacial score (nSPS) is 11.6. The molecule has 126 valence electrons. The lowest BCUT2D eigenvalue weighted by atomic mass is 10.2. The third kappa shape index (κ3) is 4.78. The Morgan fingerprint density at radius 2 is 2.08 bits per heavy atom. The summed E-state index contributed by atoms with van der Waals surface area (Å²) in [5.41, 5.74) is 0.312. The number of benzene rings is 1. The molecule has 10 heteroatoms. The van der Waals surface area contributed by atoms with Crippen molar-refractivity contribution in [2.45, 2.75) is 19.4 Å². The number of carboxylic acids is 1. The van der Waals surface area contributed by atoms with Gasteiger partial charge in [-0.25, -0.2) is 4.98 Å². The smallest absolute Gasteiger partial charge is 0.329 e. The second-order valence-corrected chi connectivity index (χ2v) is 5.40. The Kier molecular flexibility index (Phi) is 5.48. The van der Waals surface area contributed by atoms with Gasteiger partial charge >= 0.3 is 11.7 Å². The Hall–Kier alpha value is -2.94. The predicted octanol–water partition coefficient (Wildman–Crippen LogP) is 3.06. The van der Waals surface area contributed by atoms with Crippen LogP contribution in [0.3, 0.4) is 0 Å². The Bertz CT molecular complexity index is 753. The van der Waals surface area contributed by atoms with E-state index in [1.165, 1.54) is 0 Å². The molecule has 2 aromatic rings. The first-order valence-corrected chi connectivity index (χ1v) is 7.25. The van der Waals surface area contributed by atoms with Crippen molar-refractivity contribution >= 4 is 40.7 Å². The van der Waals surface area contributed by atoms with Crippen molar-refractivity contribution in [3.05, 3.63) is 45.6 Å². The molecular weight excluding hydrogens is 338 g/mol. The first-order chi connectivity index (χ1) is 11.3. The van der Waals surface area contributed by atoms with Gasteiger partial charge in [-0.1, -0.05) is 11.6 Å². The van der Waals surface area contributed by atoms with E-state index >= 15 is 0 Å². The molecule has 1 atom stereocenters. The number of nitro groups is 1. The van der Waals surface area contributed by atoms with Crippen LogP contribution in [0.2, 0.25) is 5.02 Å². The number of aromatic nitrogens is 2. The van der Waals surface area contributed by atoms with Crippen LogP contribution in [-0.4, -0.2) is 32.0 Å². The summed E-state index contributed by atoms with van der Waals surface area (Å²) >= 11 is 5.80. The summed E-state index contributed by atoms with van der Waals surface area (Å²) in [5.74, 6) is -0.945. The number of carboxylic acid groups (broad SMARTS) is 1. The molecule has 2 rings (SSSR count). The molecular formula is C14H14ClN5O4. The highest BCUT2D eigenvalue weighted by molar-refractivity contribution is 6.30. The number of rotatable bonds is 7. The van der Waals surface area contributed by atoms with Crippen molar-refractivity contribution < 1.29 is 14.8 Å². The predicted molar refractivity (Wildman–Crippen MR) is 88.8 cm³/mol. The zero-order chi connectivity index (χ0) is 17.7. The van der Waals surface area contributed by atoms with Crippen LogP contribution < -0.4 is 10.6 Å². The van der Waals surface area contributed by atoms with E-state index in [1.54, 1.807) is 31.2 Å². The maximum atomic E-state index is 11.1. The van der Waals surface area contributed by atoms with Crippen LogP contribution in [0.15, 0.2) is 30.5 Å². The average Bonchev–Trinajstić information content (AvgIpc) is 2.48. The first-order valence-electron chi connectivity index (χ1n) is 6.87. The number of hydrogen-bond donors (Lipinski definition) is 3. The van der Waals surface area contributed by atoms with Crippen molar-refractivity contribution in [2.75, 3.05) is 10.6 Å². The summed E-state index contributed by atoms with van der Waals surface area (Å²) in [5, 5.41) is 26.0. The standard InChI is InChI=1S/C14H14ClN5O4/c1-8(6-12(21)22)17-13-11(20(23)24)7-16-14(19-13)18-10-4-2-9(15)3-5-10/h2-5,7-8H,6H2,1H3,(H,21,22)(H2,16,17,18,19). The molecule has 1 unspecified atom stereocenters.